The smallest absolute Gasteiger partial charge is 0.138 e. The zero-order chi connectivity index (χ0) is 12.1. The van der Waals surface area contributed by atoms with Crippen molar-refractivity contribution in [3.63, 3.8) is 0 Å². The number of hydrogen-bond donors (Lipinski definition) is 1. The first-order valence-electron chi connectivity index (χ1n) is 5.15. The maximum atomic E-state index is 13.4. The number of nitrogens with zero attached hydrogens (tertiary/aromatic N) is 2. The molecule has 0 bridgehead atoms. The predicted octanol–water partition coefficient (Wildman–Crippen LogP) is 1.41. The van der Waals surface area contributed by atoms with Gasteiger partial charge in [0.2, 0.25) is 0 Å². The Hall–Kier alpha value is -2.12. The lowest BCUT2D eigenvalue weighted by Gasteiger charge is -2.03. The fourth-order valence-electron chi connectivity index (χ4n) is 1.48. The summed E-state index contributed by atoms with van der Waals surface area (Å²) in [7, 11) is 0. The van der Waals surface area contributed by atoms with Crippen molar-refractivity contribution in [2.75, 3.05) is 6.61 Å². The van der Waals surface area contributed by atoms with Crippen LogP contribution in [0.4, 0.5) is 4.39 Å². The number of benzene rings is 1. The molecule has 0 aliphatic carbocycles. The van der Waals surface area contributed by atoms with E-state index in [-0.39, 0.29) is 12.4 Å². The summed E-state index contributed by atoms with van der Waals surface area (Å²) in [6.45, 7) is 0.296. The SMILES string of the molecule is OCC#Cc1cc(Cn2cccn2)ccc1F. The summed E-state index contributed by atoms with van der Waals surface area (Å²) in [4.78, 5) is 0. The van der Waals surface area contributed by atoms with Crippen molar-refractivity contribution in [2.45, 2.75) is 6.54 Å². The molecule has 4 heteroatoms. The molecule has 0 radical (unpaired) electrons. The lowest BCUT2D eigenvalue weighted by Crippen LogP contribution is -2.00. The number of rotatable bonds is 2. The normalized spacial score (nSPS) is 9.76. The molecule has 0 unspecified atom stereocenters. The molecule has 0 amide bonds. The zero-order valence-electron chi connectivity index (χ0n) is 9.10. The van der Waals surface area contributed by atoms with Crippen molar-refractivity contribution < 1.29 is 9.50 Å². The van der Waals surface area contributed by atoms with Crippen LogP contribution in [0, 0.1) is 17.7 Å². The Labute approximate surface area is 98.5 Å². The lowest BCUT2D eigenvalue weighted by atomic mass is 10.1. The maximum absolute atomic E-state index is 13.4. The summed E-state index contributed by atoms with van der Waals surface area (Å²) in [6.07, 6.45) is 3.53. The largest absolute Gasteiger partial charge is 0.384 e. The van der Waals surface area contributed by atoms with Crippen molar-refractivity contribution in [2.24, 2.45) is 0 Å². The summed E-state index contributed by atoms with van der Waals surface area (Å²) in [5.41, 5.74) is 1.21. The third-order valence-electron chi connectivity index (χ3n) is 2.24. The standard InChI is InChI=1S/C13H11FN2O/c14-13-5-4-11(9-12(13)3-1-8-17)10-16-7-2-6-15-16/h2,4-7,9,17H,8,10H2. The van der Waals surface area contributed by atoms with Gasteiger partial charge < -0.3 is 5.11 Å². The van der Waals surface area contributed by atoms with Gasteiger partial charge >= 0.3 is 0 Å². The Morgan fingerprint density at radius 1 is 1.41 bits per heavy atom. The van der Waals surface area contributed by atoms with Gasteiger partial charge in [-0.2, -0.15) is 5.10 Å². The second kappa shape index (κ2) is 5.28. The average Bonchev–Trinajstić information content (AvgIpc) is 2.82. The first kappa shape index (κ1) is 11.4. The van der Waals surface area contributed by atoms with Gasteiger partial charge in [0.25, 0.3) is 0 Å². The fourth-order valence-corrected chi connectivity index (χ4v) is 1.48. The fraction of sp³-hybridized carbons (Fsp3) is 0.154. The summed E-state index contributed by atoms with van der Waals surface area (Å²) in [6, 6.07) is 6.57. The predicted molar refractivity (Wildman–Crippen MR) is 61.7 cm³/mol. The molecule has 86 valence electrons. The molecule has 1 aromatic heterocycles. The van der Waals surface area contributed by atoms with Crippen LogP contribution in [0.5, 0.6) is 0 Å². The summed E-state index contributed by atoms with van der Waals surface area (Å²) >= 11 is 0. The molecule has 0 fully saturated rings. The lowest BCUT2D eigenvalue weighted by molar-refractivity contribution is 0.350. The van der Waals surface area contributed by atoms with Gasteiger partial charge in [-0.25, -0.2) is 4.39 Å². The minimum atomic E-state index is -0.379. The Morgan fingerprint density at radius 3 is 3.00 bits per heavy atom. The average molecular weight is 230 g/mol. The van der Waals surface area contributed by atoms with E-state index < -0.39 is 0 Å². The molecule has 1 aromatic carbocycles. The molecule has 0 atom stereocenters. The number of hydrogen-bond acceptors (Lipinski definition) is 2. The third kappa shape index (κ3) is 2.92. The summed E-state index contributed by atoms with van der Waals surface area (Å²) in [5.74, 6) is 4.63. The van der Waals surface area contributed by atoms with E-state index in [9.17, 15) is 4.39 Å². The van der Waals surface area contributed by atoms with Crippen molar-refractivity contribution in [1.82, 2.24) is 9.78 Å². The van der Waals surface area contributed by atoms with Gasteiger partial charge in [-0.1, -0.05) is 17.9 Å². The molecular weight excluding hydrogens is 219 g/mol. The first-order valence-corrected chi connectivity index (χ1v) is 5.15. The number of aliphatic hydroxyl groups excluding tert-OH is 1. The van der Waals surface area contributed by atoms with Crippen LogP contribution in [0.3, 0.4) is 0 Å². The second-order valence-electron chi connectivity index (χ2n) is 3.48. The monoisotopic (exact) mass is 230 g/mol. The van der Waals surface area contributed by atoms with E-state index in [4.69, 9.17) is 5.11 Å². The van der Waals surface area contributed by atoms with Gasteiger partial charge in [0.15, 0.2) is 0 Å². The van der Waals surface area contributed by atoms with Crippen LogP contribution in [0.1, 0.15) is 11.1 Å². The van der Waals surface area contributed by atoms with Crippen molar-refractivity contribution in [3.05, 3.63) is 53.6 Å². The number of aliphatic hydroxyl groups is 1. The highest BCUT2D eigenvalue weighted by Gasteiger charge is 2.02. The van der Waals surface area contributed by atoms with Gasteiger partial charge in [0.1, 0.15) is 12.4 Å². The van der Waals surface area contributed by atoms with E-state index in [0.29, 0.717) is 12.1 Å². The van der Waals surface area contributed by atoms with Crippen molar-refractivity contribution >= 4 is 0 Å². The van der Waals surface area contributed by atoms with Gasteiger partial charge in [-0.3, -0.25) is 4.68 Å². The highest BCUT2D eigenvalue weighted by atomic mass is 19.1. The minimum Gasteiger partial charge on any atom is -0.384 e. The van der Waals surface area contributed by atoms with E-state index in [1.54, 1.807) is 23.0 Å². The number of aromatic nitrogens is 2. The Bertz CT molecular complexity index is 553. The van der Waals surface area contributed by atoms with Crippen LogP contribution >= 0.6 is 0 Å². The van der Waals surface area contributed by atoms with Crippen LogP contribution in [0.15, 0.2) is 36.7 Å². The van der Waals surface area contributed by atoms with Crippen LogP contribution in [-0.2, 0) is 6.54 Å². The molecule has 1 heterocycles. The van der Waals surface area contributed by atoms with E-state index in [2.05, 4.69) is 16.9 Å². The molecule has 0 aliphatic heterocycles. The molecule has 0 aliphatic rings. The van der Waals surface area contributed by atoms with E-state index in [1.165, 1.54) is 6.07 Å². The van der Waals surface area contributed by atoms with Gasteiger partial charge in [0.05, 0.1) is 12.1 Å². The van der Waals surface area contributed by atoms with Crippen LogP contribution in [0.25, 0.3) is 0 Å². The van der Waals surface area contributed by atoms with E-state index in [0.717, 1.165) is 5.56 Å². The first-order chi connectivity index (χ1) is 8.29. The Balaban J connectivity index is 2.24. The summed E-state index contributed by atoms with van der Waals surface area (Å²) < 4.78 is 15.1. The van der Waals surface area contributed by atoms with Crippen molar-refractivity contribution in [3.8, 4) is 11.8 Å². The van der Waals surface area contributed by atoms with Crippen LogP contribution in [-0.4, -0.2) is 21.5 Å². The highest BCUT2D eigenvalue weighted by molar-refractivity contribution is 5.38. The van der Waals surface area contributed by atoms with Crippen molar-refractivity contribution in [1.29, 1.82) is 0 Å². The zero-order valence-corrected chi connectivity index (χ0v) is 9.10. The Morgan fingerprint density at radius 2 is 2.29 bits per heavy atom. The maximum Gasteiger partial charge on any atom is 0.138 e. The molecule has 1 N–H and O–H groups in total. The third-order valence-corrected chi connectivity index (χ3v) is 2.24. The second-order valence-corrected chi connectivity index (χ2v) is 3.48. The molecule has 17 heavy (non-hydrogen) atoms. The molecule has 2 rings (SSSR count). The number of halogens is 1. The molecular formula is C13H11FN2O. The molecule has 0 saturated heterocycles. The Kier molecular flexibility index (Phi) is 3.53. The molecule has 0 saturated carbocycles. The van der Waals surface area contributed by atoms with E-state index >= 15 is 0 Å². The highest BCUT2D eigenvalue weighted by Crippen LogP contribution is 2.10. The van der Waals surface area contributed by atoms with Gasteiger partial charge in [0, 0.05) is 12.4 Å². The van der Waals surface area contributed by atoms with Gasteiger partial charge in [-0.05, 0) is 23.8 Å². The minimum absolute atomic E-state index is 0.275. The summed E-state index contributed by atoms with van der Waals surface area (Å²) in [5, 5.41) is 12.7. The quantitative estimate of drug-likeness (QED) is 0.792. The topological polar surface area (TPSA) is 38.0 Å². The van der Waals surface area contributed by atoms with Crippen LogP contribution in [0.2, 0.25) is 0 Å². The van der Waals surface area contributed by atoms with Crippen LogP contribution < -0.4 is 0 Å². The molecule has 3 nitrogen and oxygen atoms in total. The molecule has 2 aromatic rings. The molecule has 0 spiro atoms. The van der Waals surface area contributed by atoms with Gasteiger partial charge in [-0.15, -0.1) is 0 Å². The van der Waals surface area contributed by atoms with E-state index in [1.807, 2.05) is 12.3 Å².